The zero-order valence-electron chi connectivity index (χ0n) is 6.37. The number of aryl methyl sites for hydroxylation is 1. The minimum atomic E-state index is 0.167. The lowest BCUT2D eigenvalue weighted by molar-refractivity contribution is -0.110. The highest BCUT2D eigenvalue weighted by molar-refractivity contribution is 5.91. The summed E-state index contributed by atoms with van der Waals surface area (Å²) in [6.07, 6.45) is 3.57. The van der Waals surface area contributed by atoms with E-state index in [1.807, 2.05) is 19.1 Å². The van der Waals surface area contributed by atoms with Crippen molar-refractivity contribution in [3.05, 3.63) is 30.1 Å². The number of carbonyl (C=O) groups is 1. The number of hydrogen-bond acceptors (Lipinski definition) is 2. The SMILES string of the molecule is Cc1ccncc1.O=C1CN1. The fourth-order valence-electron chi connectivity index (χ4n) is 0.463. The van der Waals surface area contributed by atoms with Crippen LogP contribution in [-0.2, 0) is 4.79 Å². The Kier molecular flexibility index (Phi) is 2.60. The van der Waals surface area contributed by atoms with Crippen LogP contribution in [0.25, 0.3) is 0 Å². The van der Waals surface area contributed by atoms with Crippen molar-refractivity contribution in [2.75, 3.05) is 6.54 Å². The fraction of sp³-hybridized carbons (Fsp3) is 0.250. The number of amides is 1. The van der Waals surface area contributed by atoms with E-state index in [-0.39, 0.29) is 5.91 Å². The second-order valence-electron chi connectivity index (χ2n) is 2.30. The molecule has 0 aromatic carbocycles. The summed E-state index contributed by atoms with van der Waals surface area (Å²) in [6, 6.07) is 3.94. The van der Waals surface area contributed by atoms with Gasteiger partial charge in [0.1, 0.15) is 0 Å². The normalized spacial score (nSPS) is 12.6. The zero-order chi connectivity index (χ0) is 8.10. The molecule has 1 aromatic heterocycles. The molecule has 0 atom stereocenters. The van der Waals surface area contributed by atoms with Crippen molar-refractivity contribution in [2.24, 2.45) is 0 Å². The van der Waals surface area contributed by atoms with Gasteiger partial charge in [-0.3, -0.25) is 9.78 Å². The highest BCUT2D eigenvalue weighted by atomic mass is 16.2. The number of pyridine rings is 1. The Morgan fingerprint density at radius 2 is 1.91 bits per heavy atom. The van der Waals surface area contributed by atoms with Gasteiger partial charge < -0.3 is 5.32 Å². The molecular weight excluding hydrogens is 140 g/mol. The third kappa shape index (κ3) is 4.08. The molecule has 11 heavy (non-hydrogen) atoms. The Morgan fingerprint density at radius 1 is 1.45 bits per heavy atom. The van der Waals surface area contributed by atoms with Crippen LogP contribution in [0.3, 0.4) is 0 Å². The van der Waals surface area contributed by atoms with Crippen LogP contribution in [0, 0.1) is 6.92 Å². The average molecular weight is 150 g/mol. The maximum atomic E-state index is 9.44. The highest BCUT2D eigenvalue weighted by Gasteiger charge is 2.10. The average Bonchev–Trinajstić information content (AvgIpc) is 2.75. The number of nitrogens with one attached hydrogen (secondary N) is 1. The van der Waals surface area contributed by atoms with Crippen molar-refractivity contribution in [3.8, 4) is 0 Å². The van der Waals surface area contributed by atoms with Gasteiger partial charge in [0, 0.05) is 12.4 Å². The van der Waals surface area contributed by atoms with Crippen LogP contribution in [0.5, 0.6) is 0 Å². The molecule has 58 valence electrons. The Labute approximate surface area is 65.5 Å². The van der Waals surface area contributed by atoms with Crippen LogP contribution >= 0.6 is 0 Å². The van der Waals surface area contributed by atoms with E-state index in [4.69, 9.17) is 0 Å². The lowest BCUT2D eigenvalue weighted by atomic mass is 10.3. The van der Waals surface area contributed by atoms with Crippen molar-refractivity contribution in [1.82, 2.24) is 10.3 Å². The Bertz CT molecular complexity index is 227. The summed E-state index contributed by atoms with van der Waals surface area (Å²) in [5, 5.41) is 2.46. The van der Waals surface area contributed by atoms with Gasteiger partial charge in [0.05, 0.1) is 6.54 Å². The molecule has 0 unspecified atom stereocenters. The van der Waals surface area contributed by atoms with Crippen LogP contribution < -0.4 is 5.32 Å². The molecule has 1 aliphatic heterocycles. The first kappa shape index (κ1) is 7.72. The largest absolute Gasteiger partial charge is 0.346 e. The van der Waals surface area contributed by atoms with E-state index in [9.17, 15) is 4.79 Å². The smallest absolute Gasteiger partial charge is 0.239 e. The van der Waals surface area contributed by atoms with E-state index in [1.54, 1.807) is 12.4 Å². The molecule has 0 aliphatic carbocycles. The van der Waals surface area contributed by atoms with Crippen LogP contribution in [0.4, 0.5) is 0 Å². The van der Waals surface area contributed by atoms with Crippen molar-refractivity contribution in [2.45, 2.75) is 6.92 Å². The van der Waals surface area contributed by atoms with E-state index in [0.29, 0.717) is 6.54 Å². The molecule has 0 saturated carbocycles. The molecule has 0 radical (unpaired) electrons. The molecular formula is C8H10N2O. The number of hydrogen-bond donors (Lipinski definition) is 1. The van der Waals surface area contributed by atoms with E-state index in [0.717, 1.165) is 0 Å². The molecule has 3 heteroatoms. The van der Waals surface area contributed by atoms with Crippen molar-refractivity contribution in [1.29, 1.82) is 0 Å². The topological polar surface area (TPSA) is 51.9 Å². The lowest BCUT2D eigenvalue weighted by Crippen LogP contribution is -1.68. The van der Waals surface area contributed by atoms with Crippen molar-refractivity contribution < 1.29 is 4.79 Å². The molecule has 0 bridgehead atoms. The summed E-state index contributed by atoms with van der Waals surface area (Å²) in [5.41, 5.74) is 1.26. The Morgan fingerprint density at radius 3 is 2.09 bits per heavy atom. The molecule has 1 aromatic rings. The summed E-state index contributed by atoms with van der Waals surface area (Å²) >= 11 is 0. The second kappa shape index (κ2) is 3.71. The Hall–Kier alpha value is -1.38. The molecule has 1 fully saturated rings. The maximum absolute atomic E-state index is 9.44. The predicted octanol–water partition coefficient (Wildman–Crippen LogP) is 0.506. The highest BCUT2D eigenvalue weighted by Crippen LogP contribution is 1.88. The van der Waals surface area contributed by atoms with Crippen LogP contribution in [0.15, 0.2) is 24.5 Å². The molecule has 3 nitrogen and oxygen atoms in total. The van der Waals surface area contributed by atoms with Gasteiger partial charge in [0.25, 0.3) is 0 Å². The van der Waals surface area contributed by atoms with Crippen LogP contribution in [0.1, 0.15) is 5.56 Å². The first-order valence-corrected chi connectivity index (χ1v) is 3.42. The number of rotatable bonds is 0. The van der Waals surface area contributed by atoms with Crippen LogP contribution in [-0.4, -0.2) is 17.4 Å². The van der Waals surface area contributed by atoms with Crippen molar-refractivity contribution >= 4 is 5.91 Å². The molecule has 1 N–H and O–H groups in total. The minimum Gasteiger partial charge on any atom is -0.346 e. The molecule has 2 rings (SSSR count). The molecule has 1 aliphatic rings. The monoisotopic (exact) mass is 150 g/mol. The van der Waals surface area contributed by atoms with E-state index < -0.39 is 0 Å². The third-order valence-corrected chi connectivity index (χ3v) is 1.17. The van der Waals surface area contributed by atoms with Gasteiger partial charge in [-0.25, -0.2) is 0 Å². The molecule has 2 heterocycles. The minimum absolute atomic E-state index is 0.167. The quantitative estimate of drug-likeness (QED) is 0.548. The zero-order valence-corrected chi connectivity index (χ0v) is 6.37. The summed E-state index contributed by atoms with van der Waals surface area (Å²) in [5.74, 6) is 0.167. The first-order chi connectivity index (χ1) is 5.29. The Balaban J connectivity index is 0.000000128. The first-order valence-electron chi connectivity index (χ1n) is 3.42. The standard InChI is InChI=1S/C6H7N.C2H3NO/c1-6-2-4-7-5-3-6;4-2-1-3-2/h2-5H,1H3;1H2,(H,3,4). The fourth-order valence-corrected chi connectivity index (χ4v) is 0.463. The summed E-state index contributed by atoms with van der Waals surface area (Å²) in [7, 11) is 0. The van der Waals surface area contributed by atoms with Gasteiger partial charge in [-0.05, 0) is 24.6 Å². The van der Waals surface area contributed by atoms with Gasteiger partial charge in [-0.2, -0.15) is 0 Å². The van der Waals surface area contributed by atoms with Crippen LogP contribution in [0.2, 0.25) is 0 Å². The van der Waals surface area contributed by atoms with E-state index in [2.05, 4.69) is 10.3 Å². The van der Waals surface area contributed by atoms with Gasteiger partial charge in [0.15, 0.2) is 0 Å². The molecule has 1 saturated heterocycles. The summed E-state index contributed by atoms with van der Waals surface area (Å²) in [6.45, 7) is 2.64. The van der Waals surface area contributed by atoms with E-state index in [1.165, 1.54) is 5.56 Å². The van der Waals surface area contributed by atoms with Gasteiger partial charge in [-0.1, -0.05) is 0 Å². The maximum Gasteiger partial charge on any atom is 0.239 e. The van der Waals surface area contributed by atoms with Gasteiger partial charge in [-0.15, -0.1) is 0 Å². The summed E-state index contributed by atoms with van der Waals surface area (Å²) < 4.78 is 0. The summed E-state index contributed by atoms with van der Waals surface area (Å²) in [4.78, 5) is 13.3. The number of carbonyl (C=O) groups excluding carboxylic acids is 1. The molecule has 1 amide bonds. The van der Waals surface area contributed by atoms with Gasteiger partial charge in [0.2, 0.25) is 5.91 Å². The lowest BCUT2D eigenvalue weighted by Gasteiger charge is -1.82. The van der Waals surface area contributed by atoms with Crippen molar-refractivity contribution in [3.63, 3.8) is 0 Å². The number of nitrogens with zero attached hydrogens (tertiary/aromatic N) is 1. The predicted molar refractivity (Wildman–Crippen MR) is 42.0 cm³/mol. The van der Waals surface area contributed by atoms with E-state index >= 15 is 0 Å². The third-order valence-electron chi connectivity index (χ3n) is 1.17. The second-order valence-corrected chi connectivity index (χ2v) is 2.30. The van der Waals surface area contributed by atoms with Gasteiger partial charge >= 0.3 is 0 Å². The number of aromatic nitrogens is 1. The molecule has 0 spiro atoms.